The average molecular weight is 520 g/mol. The molecule has 1 atom stereocenters. The minimum atomic E-state index is -0.768. The zero-order valence-electron chi connectivity index (χ0n) is 22.8. The van der Waals surface area contributed by atoms with Gasteiger partial charge in [-0.25, -0.2) is 9.37 Å². The van der Waals surface area contributed by atoms with Crippen molar-refractivity contribution in [3.63, 3.8) is 0 Å². The largest absolute Gasteiger partial charge is 0.489 e. The molecule has 1 aliphatic rings. The smallest absolute Gasteiger partial charge is 0.303 e. The van der Waals surface area contributed by atoms with Crippen molar-refractivity contribution in [2.75, 3.05) is 7.11 Å². The fraction of sp³-hybridized carbons (Fsp3) is 0.438. The molecule has 0 spiro atoms. The van der Waals surface area contributed by atoms with Crippen molar-refractivity contribution in [2.45, 2.75) is 71.8 Å². The summed E-state index contributed by atoms with van der Waals surface area (Å²) in [5.74, 6) is 0.410. The number of aliphatic carboxylic acids is 1. The molecule has 1 fully saturated rings. The lowest BCUT2D eigenvalue weighted by Crippen LogP contribution is -2.15. The molecule has 1 saturated carbocycles. The molecule has 0 amide bonds. The van der Waals surface area contributed by atoms with Gasteiger partial charge in [0.15, 0.2) is 0 Å². The third kappa shape index (κ3) is 7.12. The van der Waals surface area contributed by atoms with Crippen LogP contribution in [0.1, 0.15) is 75.5 Å². The lowest BCUT2D eigenvalue weighted by atomic mass is 9.79. The lowest BCUT2D eigenvalue weighted by molar-refractivity contribution is -0.137. The number of ether oxygens (including phenoxy) is 2. The normalized spacial score (nSPS) is 14.2. The second-order valence-corrected chi connectivity index (χ2v) is 11.2. The van der Waals surface area contributed by atoms with Crippen LogP contribution in [0.4, 0.5) is 4.39 Å². The van der Waals surface area contributed by atoms with E-state index in [4.69, 9.17) is 9.47 Å². The summed E-state index contributed by atoms with van der Waals surface area (Å²) >= 11 is 0. The Balaban J connectivity index is 1.59. The SMILES string of the molecule is CCCC(C)(C)Cc1cc(COc2cccc(C(CC(=O)O)C3CC3)c2)ccc1-c1cc(OC)ncc1F. The summed E-state index contributed by atoms with van der Waals surface area (Å²) in [5, 5.41) is 9.37. The minimum Gasteiger partial charge on any atom is -0.489 e. The molecule has 0 aliphatic heterocycles. The lowest BCUT2D eigenvalue weighted by Gasteiger charge is -2.26. The Kier molecular flexibility index (Phi) is 8.70. The number of carboxylic acid groups (broad SMARTS) is 1. The number of hydrogen-bond acceptors (Lipinski definition) is 4. The third-order valence-corrected chi connectivity index (χ3v) is 7.37. The highest BCUT2D eigenvalue weighted by molar-refractivity contribution is 5.69. The number of pyridine rings is 1. The summed E-state index contributed by atoms with van der Waals surface area (Å²) in [6.07, 6.45) is 6.43. The van der Waals surface area contributed by atoms with Crippen LogP contribution < -0.4 is 9.47 Å². The maximum Gasteiger partial charge on any atom is 0.303 e. The molecular weight excluding hydrogens is 481 g/mol. The number of carbonyl (C=O) groups is 1. The molecule has 1 heterocycles. The molecule has 1 unspecified atom stereocenters. The quantitative estimate of drug-likeness (QED) is 0.249. The number of benzene rings is 2. The second kappa shape index (κ2) is 12.0. The molecule has 1 aromatic heterocycles. The Labute approximate surface area is 225 Å². The van der Waals surface area contributed by atoms with Gasteiger partial charge >= 0.3 is 5.97 Å². The van der Waals surface area contributed by atoms with Crippen LogP contribution in [0.2, 0.25) is 0 Å². The van der Waals surface area contributed by atoms with Crippen LogP contribution in [-0.4, -0.2) is 23.2 Å². The molecule has 6 heteroatoms. The molecule has 3 aromatic rings. The molecule has 4 rings (SSSR count). The summed E-state index contributed by atoms with van der Waals surface area (Å²) in [7, 11) is 1.53. The van der Waals surface area contributed by atoms with Gasteiger partial charge in [0.1, 0.15) is 18.2 Å². The predicted octanol–water partition coefficient (Wildman–Crippen LogP) is 7.81. The van der Waals surface area contributed by atoms with Crippen LogP contribution in [0.5, 0.6) is 11.6 Å². The maximum absolute atomic E-state index is 14.9. The number of rotatable bonds is 13. The Hall–Kier alpha value is -3.41. The van der Waals surface area contributed by atoms with Crippen molar-refractivity contribution in [1.82, 2.24) is 4.98 Å². The second-order valence-electron chi connectivity index (χ2n) is 11.2. The Morgan fingerprint density at radius 2 is 1.95 bits per heavy atom. The van der Waals surface area contributed by atoms with E-state index in [0.717, 1.165) is 60.1 Å². The molecule has 0 bridgehead atoms. The van der Waals surface area contributed by atoms with Gasteiger partial charge in [-0.2, -0.15) is 0 Å². The van der Waals surface area contributed by atoms with Gasteiger partial charge < -0.3 is 14.6 Å². The average Bonchev–Trinajstić information content (AvgIpc) is 3.72. The van der Waals surface area contributed by atoms with Gasteiger partial charge in [0, 0.05) is 11.6 Å². The molecule has 38 heavy (non-hydrogen) atoms. The number of halogens is 1. The molecule has 1 N–H and O–H groups in total. The van der Waals surface area contributed by atoms with E-state index in [2.05, 4.69) is 31.8 Å². The van der Waals surface area contributed by atoms with Gasteiger partial charge in [-0.3, -0.25) is 4.79 Å². The Morgan fingerprint density at radius 1 is 1.16 bits per heavy atom. The number of methoxy groups -OCH3 is 1. The first-order valence-corrected chi connectivity index (χ1v) is 13.5. The van der Waals surface area contributed by atoms with Gasteiger partial charge in [0.2, 0.25) is 5.88 Å². The first-order valence-electron chi connectivity index (χ1n) is 13.5. The Morgan fingerprint density at radius 3 is 2.63 bits per heavy atom. The van der Waals surface area contributed by atoms with Crippen LogP contribution in [0.15, 0.2) is 54.7 Å². The predicted molar refractivity (Wildman–Crippen MR) is 147 cm³/mol. The van der Waals surface area contributed by atoms with Gasteiger partial charge in [-0.1, -0.05) is 57.5 Å². The number of aromatic nitrogens is 1. The molecule has 0 radical (unpaired) electrons. The van der Waals surface area contributed by atoms with E-state index in [0.29, 0.717) is 24.0 Å². The highest BCUT2D eigenvalue weighted by atomic mass is 19.1. The summed E-state index contributed by atoms with van der Waals surface area (Å²) in [5.41, 5.74) is 4.43. The van der Waals surface area contributed by atoms with E-state index in [1.165, 1.54) is 13.3 Å². The Bertz CT molecular complexity index is 1270. The molecule has 0 saturated heterocycles. The van der Waals surface area contributed by atoms with Crippen LogP contribution in [-0.2, 0) is 17.8 Å². The standard InChI is InChI=1S/C32H38FNO4/c1-5-13-32(2,3)18-24-14-21(9-12-26(24)28-16-30(37-4)34-19-29(28)33)20-38-25-8-6-7-23(15-25)27(17-31(35)36)22-10-11-22/h6-9,12,14-16,19,22,27H,5,10-11,13,17-18,20H2,1-4H3,(H,35,36). The van der Waals surface area contributed by atoms with Crippen molar-refractivity contribution in [2.24, 2.45) is 11.3 Å². The van der Waals surface area contributed by atoms with E-state index < -0.39 is 5.97 Å². The molecule has 5 nitrogen and oxygen atoms in total. The third-order valence-electron chi connectivity index (χ3n) is 7.37. The van der Waals surface area contributed by atoms with Crippen LogP contribution in [0.25, 0.3) is 11.1 Å². The number of hydrogen-bond donors (Lipinski definition) is 1. The number of carboxylic acids is 1. The topological polar surface area (TPSA) is 68.7 Å². The van der Waals surface area contributed by atoms with E-state index >= 15 is 0 Å². The van der Waals surface area contributed by atoms with Gasteiger partial charge in [0.05, 0.1) is 19.7 Å². The van der Waals surface area contributed by atoms with Gasteiger partial charge in [0.25, 0.3) is 0 Å². The highest BCUT2D eigenvalue weighted by Gasteiger charge is 2.33. The van der Waals surface area contributed by atoms with Crippen molar-refractivity contribution in [1.29, 1.82) is 0 Å². The van der Waals surface area contributed by atoms with Crippen LogP contribution in [0, 0.1) is 17.2 Å². The van der Waals surface area contributed by atoms with E-state index in [-0.39, 0.29) is 23.6 Å². The first kappa shape index (κ1) is 27.6. The first-order chi connectivity index (χ1) is 18.2. The summed E-state index contributed by atoms with van der Waals surface area (Å²) in [4.78, 5) is 15.4. The van der Waals surface area contributed by atoms with Crippen molar-refractivity contribution >= 4 is 5.97 Å². The number of nitrogens with zero attached hydrogens (tertiary/aromatic N) is 1. The van der Waals surface area contributed by atoms with Crippen LogP contribution >= 0.6 is 0 Å². The van der Waals surface area contributed by atoms with Gasteiger partial charge in [-0.15, -0.1) is 0 Å². The van der Waals surface area contributed by atoms with E-state index in [9.17, 15) is 14.3 Å². The highest BCUT2D eigenvalue weighted by Crippen LogP contribution is 2.45. The molecule has 202 valence electrons. The van der Waals surface area contributed by atoms with Crippen LogP contribution in [0.3, 0.4) is 0 Å². The zero-order chi connectivity index (χ0) is 27.3. The zero-order valence-corrected chi connectivity index (χ0v) is 22.8. The monoisotopic (exact) mass is 519 g/mol. The van der Waals surface area contributed by atoms with Crippen molar-refractivity contribution < 1.29 is 23.8 Å². The maximum atomic E-state index is 14.9. The molecule has 2 aromatic carbocycles. The van der Waals surface area contributed by atoms with Crippen molar-refractivity contribution in [3.05, 3.63) is 77.2 Å². The van der Waals surface area contributed by atoms with Gasteiger partial charge in [-0.05, 0) is 77.3 Å². The summed E-state index contributed by atoms with van der Waals surface area (Å²) in [6, 6.07) is 15.5. The van der Waals surface area contributed by atoms with Crippen molar-refractivity contribution in [3.8, 4) is 22.8 Å². The fourth-order valence-electron chi connectivity index (χ4n) is 5.41. The molecule has 1 aliphatic carbocycles. The summed E-state index contributed by atoms with van der Waals surface area (Å²) in [6.45, 7) is 7.02. The van der Waals surface area contributed by atoms with E-state index in [1.54, 1.807) is 6.07 Å². The molecular formula is C32H38FNO4. The van der Waals surface area contributed by atoms with E-state index in [1.807, 2.05) is 36.4 Å². The fourth-order valence-corrected chi connectivity index (χ4v) is 5.41. The summed E-state index contributed by atoms with van der Waals surface area (Å²) < 4.78 is 26.3. The minimum absolute atomic E-state index is 0.0231.